The number of halogens is 1. The Morgan fingerprint density at radius 2 is 1.90 bits per heavy atom. The molecule has 3 heteroatoms. The highest BCUT2D eigenvalue weighted by Crippen LogP contribution is 2.19. The van der Waals surface area contributed by atoms with Gasteiger partial charge in [0.15, 0.2) is 0 Å². The van der Waals surface area contributed by atoms with E-state index in [4.69, 9.17) is 5.73 Å². The van der Waals surface area contributed by atoms with Gasteiger partial charge in [-0.2, -0.15) is 0 Å². The summed E-state index contributed by atoms with van der Waals surface area (Å²) >= 11 is 0. The highest BCUT2D eigenvalue weighted by Gasteiger charge is 2.03. The maximum Gasteiger partial charge on any atom is 0.123 e. The molecule has 0 amide bonds. The predicted molar refractivity (Wildman–Crippen MR) is 80.2 cm³/mol. The number of nitrogens with zero attached hydrogens (tertiary/aromatic N) is 1. The lowest BCUT2D eigenvalue weighted by atomic mass is 10.1. The summed E-state index contributed by atoms with van der Waals surface area (Å²) in [7, 11) is 0. The maximum atomic E-state index is 13.2. The fourth-order valence-electron chi connectivity index (χ4n) is 2.54. The first kappa shape index (κ1) is 12.9. The fourth-order valence-corrected chi connectivity index (χ4v) is 2.54. The van der Waals surface area contributed by atoms with Gasteiger partial charge >= 0.3 is 0 Å². The van der Waals surface area contributed by atoms with Crippen LogP contribution in [0.15, 0.2) is 54.7 Å². The van der Waals surface area contributed by atoms with Crippen LogP contribution < -0.4 is 5.73 Å². The van der Waals surface area contributed by atoms with Crippen LogP contribution in [-0.4, -0.2) is 11.1 Å². The van der Waals surface area contributed by atoms with E-state index < -0.39 is 0 Å². The second-order valence-electron chi connectivity index (χ2n) is 5.01. The van der Waals surface area contributed by atoms with Crippen LogP contribution in [0.5, 0.6) is 0 Å². The van der Waals surface area contributed by atoms with E-state index in [-0.39, 0.29) is 5.82 Å². The lowest BCUT2D eigenvalue weighted by Gasteiger charge is -2.07. The molecule has 2 aromatic carbocycles. The minimum absolute atomic E-state index is 0.191. The molecule has 0 aliphatic heterocycles. The highest BCUT2D eigenvalue weighted by atomic mass is 19.1. The molecule has 0 unspecified atom stereocenters. The van der Waals surface area contributed by atoms with Crippen LogP contribution in [0, 0.1) is 5.82 Å². The summed E-state index contributed by atoms with van der Waals surface area (Å²) in [5, 5.41) is 1.20. The SMILES string of the molecule is NCCc1ccc2c(ccn2Cc2cccc(F)c2)c1. The Hall–Kier alpha value is -2.13. The zero-order valence-corrected chi connectivity index (χ0v) is 11.2. The zero-order valence-electron chi connectivity index (χ0n) is 11.2. The van der Waals surface area contributed by atoms with Crippen molar-refractivity contribution in [3.05, 3.63) is 71.7 Å². The van der Waals surface area contributed by atoms with Gasteiger partial charge in [-0.15, -0.1) is 0 Å². The Morgan fingerprint density at radius 3 is 2.70 bits per heavy atom. The Morgan fingerprint density at radius 1 is 1.00 bits per heavy atom. The van der Waals surface area contributed by atoms with E-state index in [9.17, 15) is 4.39 Å². The molecule has 2 N–H and O–H groups in total. The van der Waals surface area contributed by atoms with Crippen LogP contribution in [-0.2, 0) is 13.0 Å². The molecule has 0 aliphatic rings. The van der Waals surface area contributed by atoms with Gasteiger partial charge in [-0.25, -0.2) is 4.39 Å². The first-order valence-corrected chi connectivity index (χ1v) is 6.78. The molecule has 1 aromatic heterocycles. The van der Waals surface area contributed by atoms with Crippen LogP contribution in [0.1, 0.15) is 11.1 Å². The molecule has 2 nitrogen and oxygen atoms in total. The van der Waals surface area contributed by atoms with E-state index in [2.05, 4.69) is 28.8 Å². The minimum atomic E-state index is -0.191. The van der Waals surface area contributed by atoms with Gasteiger partial charge in [-0.3, -0.25) is 0 Å². The van der Waals surface area contributed by atoms with Crippen molar-refractivity contribution >= 4 is 10.9 Å². The summed E-state index contributed by atoms with van der Waals surface area (Å²) in [6, 6.07) is 15.2. The Labute approximate surface area is 117 Å². The summed E-state index contributed by atoms with van der Waals surface area (Å²) in [6.07, 6.45) is 2.94. The molecule has 3 rings (SSSR count). The van der Waals surface area contributed by atoms with Crippen molar-refractivity contribution in [2.75, 3.05) is 6.54 Å². The van der Waals surface area contributed by atoms with Gasteiger partial charge in [0.2, 0.25) is 0 Å². The molecule has 102 valence electrons. The van der Waals surface area contributed by atoms with Crippen molar-refractivity contribution in [3.63, 3.8) is 0 Å². The van der Waals surface area contributed by atoms with E-state index in [1.54, 1.807) is 12.1 Å². The topological polar surface area (TPSA) is 30.9 Å². The first-order chi connectivity index (χ1) is 9.76. The lowest BCUT2D eigenvalue weighted by Crippen LogP contribution is -2.02. The summed E-state index contributed by atoms with van der Waals surface area (Å²) in [4.78, 5) is 0. The predicted octanol–water partition coefficient (Wildman–Crippen LogP) is 3.33. The molecule has 1 heterocycles. The number of hydrogen-bond acceptors (Lipinski definition) is 1. The van der Waals surface area contributed by atoms with Crippen molar-refractivity contribution in [3.8, 4) is 0 Å². The van der Waals surface area contributed by atoms with E-state index >= 15 is 0 Å². The fraction of sp³-hybridized carbons (Fsp3) is 0.176. The largest absolute Gasteiger partial charge is 0.343 e. The number of aromatic nitrogens is 1. The zero-order chi connectivity index (χ0) is 13.9. The summed E-state index contributed by atoms with van der Waals surface area (Å²) in [6.45, 7) is 1.34. The summed E-state index contributed by atoms with van der Waals surface area (Å²) < 4.78 is 15.4. The Kier molecular flexibility index (Phi) is 3.52. The Balaban J connectivity index is 1.92. The maximum absolute atomic E-state index is 13.2. The monoisotopic (exact) mass is 268 g/mol. The van der Waals surface area contributed by atoms with Gasteiger partial charge in [0.25, 0.3) is 0 Å². The lowest BCUT2D eigenvalue weighted by molar-refractivity contribution is 0.624. The smallest absolute Gasteiger partial charge is 0.123 e. The normalized spacial score (nSPS) is 11.1. The molecule has 0 saturated carbocycles. The second-order valence-corrected chi connectivity index (χ2v) is 5.01. The molecule has 0 aliphatic carbocycles. The van der Waals surface area contributed by atoms with Gasteiger partial charge in [0.1, 0.15) is 5.82 Å². The molecule has 0 bridgehead atoms. The van der Waals surface area contributed by atoms with E-state index in [0.717, 1.165) is 17.5 Å². The first-order valence-electron chi connectivity index (χ1n) is 6.78. The van der Waals surface area contributed by atoms with Gasteiger partial charge in [-0.1, -0.05) is 18.2 Å². The minimum Gasteiger partial charge on any atom is -0.343 e. The van der Waals surface area contributed by atoms with E-state index in [0.29, 0.717) is 13.1 Å². The van der Waals surface area contributed by atoms with Crippen LogP contribution >= 0.6 is 0 Å². The van der Waals surface area contributed by atoms with Gasteiger partial charge in [0.05, 0.1) is 0 Å². The second kappa shape index (κ2) is 5.47. The summed E-state index contributed by atoms with van der Waals surface area (Å²) in [5.74, 6) is -0.191. The third kappa shape index (κ3) is 2.58. The quantitative estimate of drug-likeness (QED) is 0.773. The number of benzene rings is 2. The molecular weight excluding hydrogens is 251 g/mol. The average Bonchev–Trinajstić information content (AvgIpc) is 2.82. The molecule has 0 radical (unpaired) electrons. The molecule has 0 atom stereocenters. The van der Waals surface area contributed by atoms with Crippen molar-refractivity contribution in [1.82, 2.24) is 4.57 Å². The number of nitrogens with two attached hydrogens (primary N) is 1. The molecule has 20 heavy (non-hydrogen) atoms. The van der Waals surface area contributed by atoms with Crippen LogP contribution in [0.4, 0.5) is 4.39 Å². The number of fused-ring (bicyclic) bond motifs is 1. The van der Waals surface area contributed by atoms with Crippen molar-refractivity contribution < 1.29 is 4.39 Å². The van der Waals surface area contributed by atoms with Gasteiger partial charge in [-0.05, 0) is 59.8 Å². The molecule has 0 saturated heterocycles. The number of hydrogen-bond donors (Lipinski definition) is 1. The van der Waals surface area contributed by atoms with Crippen molar-refractivity contribution in [2.45, 2.75) is 13.0 Å². The van der Waals surface area contributed by atoms with Crippen LogP contribution in [0.25, 0.3) is 10.9 Å². The highest BCUT2D eigenvalue weighted by molar-refractivity contribution is 5.81. The van der Waals surface area contributed by atoms with Gasteiger partial charge < -0.3 is 10.3 Å². The van der Waals surface area contributed by atoms with Crippen LogP contribution in [0.2, 0.25) is 0 Å². The van der Waals surface area contributed by atoms with Gasteiger partial charge in [0, 0.05) is 18.3 Å². The van der Waals surface area contributed by atoms with Crippen molar-refractivity contribution in [1.29, 1.82) is 0 Å². The molecule has 0 fully saturated rings. The van der Waals surface area contributed by atoms with Crippen molar-refractivity contribution in [2.24, 2.45) is 5.73 Å². The Bertz CT molecular complexity index is 731. The molecule has 3 aromatic rings. The molecular formula is C17H17FN2. The summed E-state index contributed by atoms with van der Waals surface area (Å²) in [5.41, 5.74) is 8.97. The average molecular weight is 268 g/mol. The van der Waals surface area contributed by atoms with E-state index in [1.165, 1.54) is 17.0 Å². The number of rotatable bonds is 4. The van der Waals surface area contributed by atoms with Crippen LogP contribution in [0.3, 0.4) is 0 Å². The third-order valence-corrected chi connectivity index (χ3v) is 3.51. The third-order valence-electron chi connectivity index (χ3n) is 3.51. The molecule has 0 spiro atoms. The standard InChI is InChI=1S/C17H17FN2/c18-16-3-1-2-14(11-16)12-20-9-7-15-10-13(6-8-19)4-5-17(15)20/h1-5,7,9-11H,6,8,12,19H2. The van der Waals surface area contributed by atoms with E-state index in [1.807, 2.05) is 12.3 Å².